The molecule has 0 fully saturated rings. The van der Waals surface area contributed by atoms with E-state index < -0.39 is 0 Å². The van der Waals surface area contributed by atoms with Crippen LogP contribution in [0.2, 0.25) is 0 Å². The van der Waals surface area contributed by atoms with E-state index in [4.69, 9.17) is 0 Å². The lowest BCUT2D eigenvalue weighted by molar-refractivity contribution is 0.0951. The third-order valence-electron chi connectivity index (χ3n) is 4.01. The molecule has 0 bridgehead atoms. The van der Waals surface area contributed by atoms with Gasteiger partial charge in [0.15, 0.2) is 5.65 Å². The highest BCUT2D eigenvalue weighted by atomic mass is 16.1. The number of carbonyl (C=O) groups is 1. The zero-order valence-corrected chi connectivity index (χ0v) is 13.5. The quantitative estimate of drug-likeness (QED) is 0.625. The second-order valence-electron chi connectivity index (χ2n) is 5.68. The van der Waals surface area contributed by atoms with Gasteiger partial charge in [0.05, 0.1) is 0 Å². The standard InChI is InChI=1S/C20H16N4O/c25-20(22-13-15-5-2-1-3-6-15)16-8-10-17(11-9-16)24-14-23-18-7-4-12-21-19(18)24/h1-12,14H,13H2,(H,22,25). The van der Waals surface area contributed by atoms with Gasteiger partial charge in [-0.1, -0.05) is 30.3 Å². The third kappa shape index (κ3) is 3.12. The van der Waals surface area contributed by atoms with Gasteiger partial charge in [-0.3, -0.25) is 9.36 Å². The van der Waals surface area contributed by atoms with Gasteiger partial charge >= 0.3 is 0 Å². The van der Waals surface area contributed by atoms with Crippen molar-refractivity contribution in [1.29, 1.82) is 0 Å². The maximum absolute atomic E-state index is 12.3. The second-order valence-corrected chi connectivity index (χ2v) is 5.68. The number of benzene rings is 2. The van der Waals surface area contributed by atoms with Crippen molar-refractivity contribution in [3.8, 4) is 5.69 Å². The van der Waals surface area contributed by atoms with Crippen molar-refractivity contribution >= 4 is 17.1 Å². The van der Waals surface area contributed by atoms with Crippen molar-refractivity contribution in [2.24, 2.45) is 0 Å². The Hall–Kier alpha value is -3.47. The van der Waals surface area contributed by atoms with Gasteiger partial charge in [-0.2, -0.15) is 0 Å². The van der Waals surface area contributed by atoms with Gasteiger partial charge in [0.25, 0.3) is 5.91 Å². The van der Waals surface area contributed by atoms with Gasteiger partial charge in [-0.25, -0.2) is 9.97 Å². The molecule has 0 radical (unpaired) electrons. The number of aromatic nitrogens is 3. The smallest absolute Gasteiger partial charge is 0.251 e. The van der Waals surface area contributed by atoms with Crippen molar-refractivity contribution in [3.05, 3.63) is 90.4 Å². The molecule has 2 heterocycles. The molecule has 2 aromatic carbocycles. The predicted octanol–water partition coefficient (Wildman–Crippen LogP) is 3.35. The Bertz CT molecular complexity index is 1010. The Kier molecular flexibility index (Phi) is 3.96. The fourth-order valence-corrected chi connectivity index (χ4v) is 2.69. The van der Waals surface area contributed by atoms with Crippen LogP contribution in [0.1, 0.15) is 15.9 Å². The molecule has 5 heteroatoms. The average Bonchev–Trinajstić information content (AvgIpc) is 3.11. The number of amides is 1. The highest BCUT2D eigenvalue weighted by molar-refractivity contribution is 5.94. The van der Waals surface area contributed by atoms with E-state index >= 15 is 0 Å². The first-order chi connectivity index (χ1) is 12.3. The zero-order valence-electron chi connectivity index (χ0n) is 13.5. The molecule has 4 rings (SSSR count). The number of nitrogens with zero attached hydrogens (tertiary/aromatic N) is 3. The SMILES string of the molecule is O=C(NCc1ccccc1)c1ccc(-n2cnc3cccnc32)cc1. The molecule has 0 atom stereocenters. The number of pyridine rings is 1. The Morgan fingerprint density at radius 3 is 2.52 bits per heavy atom. The van der Waals surface area contributed by atoms with Crippen LogP contribution in [0.5, 0.6) is 0 Å². The summed E-state index contributed by atoms with van der Waals surface area (Å²) < 4.78 is 1.90. The molecule has 0 saturated carbocycles. The van der Waals surface area contributed by atoms with Gasteiger partial charge in [0, 0.05) is 24.0 Å². The molecule has 2 aromatic heterocycles. The van der Waals surface area contributed by atoms with Crippen LogP contribution < -0.4 is 5.32 Å². The fraction of sp³-hybridized carbons (Fsp3) is 0.0500. The van der Waals surface area contributed by atoms with Crippen LogP contribution in [-0.2, 0) is 6.54 Å². The van der Waals surface area contributed by atoms with E-state index in [-0.39, 0.29) is 5.91 Å². The summed E-state index contributed by atoms with van der Waals surface area (Å²) in [6.45, 7) is 0.511. The Balaban J connectivity index is 1.51. The average molecular weight is 328 g/mol. The number of nitrogens with one attached hydrogen (secondary N) is 1. The Labute approximate surface area is 145 Å². The van der Waals surface area contributed by atoms with E-state index in [0.717, 1.165) is 22.4 Å². The first-order valence-electron chi connectivity index (χ1n) is 8.02. The zero-order chi connectivity index (χ0) is 17.1. The summed E-state index contributed by atoms with van der Waals surface area (Å²) in [5.74, 6) is -0.0935. The second kappa shape index (κ2) is 6.57. The van der Waals surface area contributed by atoms with Crippen LogP contribution in [0.15, 0.2) is 79.3 Å². The summed E-state index contributed by atoms with van der Waals surface area (Å²) in [7, 11) is 0. The minimum atomic E-state index is -0.0935. The monoisotopic (exact) mass is 328 g/mol. The maximum Gasteiger partial charge on any atom is 0.251 e. The van der Waals surface area contributed by atoms with Gasteiger partial charge < -0.3 is 5.32 Å². The summed E-state index contributed by atoms with van der Waals surface area (Å²) in [6, 6.07) is 21.0. The number of imidazole rings is 1. The van der Waals surface area contributed by atoms with E-state index in [1.165, 1.54) is 0 Å². The van der Waals surface area contributed by atoms with E-state index in [1.807, 2.05) is 71.3 Å². The van der Waals surface area contributed by atoms with E-state index in [1.54, 1.807) is 12.5 Å². The normalized spacial score (nSPS) is 10.7. The minimum absolute atomic E-state index is 0.0935. The summed E-state index contributed by atoms with van der Waals surface area (Å²) in [5.41, 5.74) is 4.25. The first kappa shape index (κ1) is 15.1. The number of rotatable bonds is 4. The highest BCUT2D eigenvalue weighted by Crippen LogP contribution is 2.16. The lowest BCUT2D eigenvalue weighted by atomic mass is 10.1. The molecule has 0 aliphatic carbocycles. The number of carbonyl (C=O) groups excluding carboxylic acids is 1. The van der Waals surface area contributed by atoms with Gasteiger partial charge in [-0.15, -0.1) is 0 Å². The van der Waals surface area contributed by atoms with Crippen molar-refractivity contribution in [1.82, 2.24) is 19.9 Å². The summed E-state index contributed by atoms with van der Waals surface area (Å²) >= 11 is 0. The van der Waals surface area contributed by atoms with Crippen LogP contribution in [0.4, 0.5) is 0 Å². The van der Waals surface area contributed by atoms with Crippen LogP contribution in [0.25, 0.3) is 16.9 Å². The van der Waals surface area contributed by atoms with E-state index in [2.05, 4.69) is 15.3 Å². The molecular weight excluding hydrogens is 312 g/mol. The molecular formula is C20H16N4O. The van der Waals surface area contributed by atoms with Crippen molar-refractivity contribution in [2.45, 2.75) is 6.54 Å². The van der Waals surface area contributed by atoms with Gasteiger partial charge in [0.1, 0.15) is 11.8 Å². The van der Waals surface area contributed by atoms with Crippen molar-refractivity contribution < 1.29 is 4.79 Å². The third-order valence-corrected chi connectivity index (χ3v) is 4.01. The summed E-state index contributed by atoms with van der Waals surface area (Å²) in [5, 5.41) is 2.93. The largest absolute Gasteiger partial charge is 0.348 e. The van der Waals surface area contributed by atoms with E-state index in [9.17, 15) is 4.79 Å². The van der Waals surface area contributed by atoms with Crippen molar-refractivity contribution in [3.63, 3.8) is 0 Å². The van der Waals surface area contributed by atoms with Crippen LogP contribution in [0.3, 0.4) is 0 Å². The highest BCUT2D eigenvalue weighted by Gasteiger charge is 2.08. The molecule has 122 valence electrons. The maximum atomic E-state index is 12.3. The molecule has 5 nitrogen and oxygen atoms in total. The molecule has 0 unspecified atom stereocenters. The predicted molar refractivity (Wildman–Crippen MR) is 96.5 cm³/mol. The summed E-state index contributed by atoms with van der Waals surface area (Å²) in [4.78, 5) is 21.0. The molecule has 0 saturated heterocycles. The summed E-state index contributed by atoms with van der Waals surface area (Å²) in [6.07, 6.45) is 3.48. The van der Waals surface area contributed by atoms with Gasteiger partial charge in [0.2, 0.25) is 0 Å². The molecule has 4 aromatic rings. The molecule has 1 N–H and O–H groups in total. The van der Waals surface area contributed by atoms with Crippen LogP contribution >= 0.6 is 0 Å². The topological polar surface area (TPSA) is 59.8 Å². The first-order valence-corrected chi connectivity index (χ1v) is 8.02. The number of fused-ring (bicyclic) bond motifs is 1. The number of hydrogen-bond acceptors (Lipinski definition) is 3. The lowest BCUT2D eigenvalue weighted by Crippen LogP contribution is -2.22. The van der Waals surface area contributed by atoms with Gasteiger partial charge in [-0.05, 0) is 42.0 Å². The fourth-order valence-electron chi connectivity index (χ4n) is 2.69. The Morgan fingerprint density at radius 2 is 1.72 bits per heavy atom. The Morgan fingerprint density at radius 1 is 0.920 bits per heavy atom. The molecule has 0 aliphatic rings. The molecule has 1 amide bonds. The minimum Gasteiger partial charge on any atom is -0.348 e. The molecule has 0 aliphatic heterocycles. The van der Waals surface area contributed by atoms with E-state index in [0.29, 0.717) is 12.1 Å². The van der Waals surface area contributed by atoms with Crippen LogP contribution in [0, 0.1) is 0 Å². The van der Waals surface area contributed by atoms with Crippen LogP contribution in [-0.4, -0.2) is 20.4 Å². The lowest BCUT2D eigenvalue weighted by Gasteiger charge is -2.07. The molecule has 0 spiro atoms. The number of hydrogen-bond donors (Lipinski definition) is 1. The molecule has 25 heavy (non-hydrogen) atoms. The van der Waals surface area contributed by atoms with Crippen molar-refractivity contribution in [2.75, 3.05) is 0 Å².